The van der Waals surface area contributed by atoms with Gasteiger partial charge in [-0.25, -0.2) is 0 Å². The van der Waals surface area contributed by atoms with E-state index < -0.39 is 0 Å². The van der Waals surface area contributed by atoms with Crippen LogP contribution in [0, 0.1) is 0 Å². The van der Waals surface area contributed by atoms with Crippen LogP contribution in [0.1, 0.15) is 19.3 Å². The second-order valence-corrected chi connectivity index (χ2v) is 3.11. The van der Waals surface area contributed by atoms with Gasteiger partial charge in [-0.05, 0) is 18.6 Å². The molecule has 0 aromatic rings. The van der Waals surface area contributed by atoms with E-state index in [4.69, 9.17) is 9.90 Å². The third kappa shape index (κ3) is 5.52. The van der Waals surface area contributed by atoms with E-state index in [2.05, 4.69) is 12.6 Å². The van der Waals surface area contributed by atoms with Gasteiger partial charge in [0, 0.05) is 19.5 Å². The Morgan fingerprint density at radius 2 is 1.92 bits per heavy atom. The van der Waals surface area contributed by atoms with Gasteiger partial charge in [-0.15, -0.1) is 0 Å². The van der Waals surface area contributed by atoms with Crippen LogP contribution in [0.5, 0.6) is 0 Å². The minimum atomic E-state index is -0.250. The molecule has 1 fully saturated rings. The molecule has 76 valence electrons. The molecular weight excluding hydrogens is 190 g/mol. The lowest BCUT2D eigenvalue weighted by molar-refractivity contribution is -0.129. The smallest absolute Gasteiger partial charge is 0.290 e. The topological polar surface area (TPSA) is 57.6 Å². The van der Waals surface area contributed by atoms with E-state index in [0.717, 1.165) is 13.1 Å². The van der Waals surface area contributed by atoms with Crippen molar-refractivity contribution in [3.8, 4) is 0 Å². The number of carbonyl (C=O) groups is 2. The quantitative estimate of drug-likeness (QED) is 0.513. The summed E-state index contributed by atoms with van der Waals surface area (Å²) < 4.78 is 0. The van der Waals surface area contributed by atoms with Crippen LogP contribution in [0.4, 0.5) is 0 Å². The largest absolute Gasteiger partial charge is 0.483 e. The van der Waals surface area contributed by atoms with Gasteiger partial charge in [0.15, 0.2) is 0 Å². The van der Waals surface area contributed by atoms with Gasteiger partial charge in [0.2, 0.25) is 5.91 Å². The Bertz CT molecular complexity index is 157. The number of rotatable bonds is 2. The van der Waals surface area contributed by atoms with Crippen LogP contribution < -0.4 is 0 Å². The molecule has 1 heterocycles. The van der Waals surface area contributed by atoms with Crippen molar-refractivity contribution in [1.82, 2.24) is 4.90 Å². The molecule has 1 saturated heterocycles. The Balaban J connectivity index is 0.000000424. The Kier molecular flexibility index (Phi) is 7.48. The lowest BCUT2D eigenvalue weighted by atomic mass is 10.4. The molecule has 1 aliphatic heterocycles. The van der Waals surface area contributed by atoms with Crippen molar-refractivity contribution in [2.24, 2.45) is 0 Å². The number of amides is 1. The lowest BCUT2D eigenvalue weighted by Crippen LogP contribution is -2.27. The zero-order valence-electron chi connectivity index (χ0n) is 7.48. The summed E-state index contributed by atoms with van der Waals surface area (Å²) in [5, 5.41) is 6.89. The van der Waals surface area contributed by atoms with E-state index >= 15 is 0 Å². The van der Waals surface area contributed by atoms with E-state index in [-0.39, 0.29) is 12.4 Å². The molecule has 5 heteroatoms. The summed E-state index contributed by atoms with van der Waals surface area (Å²) >= 11 is 4.01. The number of hydrogen-bond donors (Lipinski definition) is 2. The highest BCUT2D eigenvalue weighted by Gasteiger charge is 2.16. The molecule has 1 rings (SSSR count). The molecule has 0 unspecified atom stereocenters. The molecule has 1 aliphatic rings. The Morgan fingerprint density at radius 1 is 1.46 bits per heavy atom. The predicted octanol–water partition coefficient (Wildman–Crippen LogP) is 0.630. The maximum absolute atomic E-state index is 11.1. The van der Waals surface area contributed by atoms with E-state index in [1.54, 1.807) is 0 Å². The van der Waals surface area contributed by atoms with Crippen molar-refractivity contribution >= 4 is 25.0 Å². The number of carboxylic acid groups (broad SMARTS) is 1. The maximum Gasteiger partial charge on any atom is 0.290 e. The third-order valence-electron chi connectivity index (χ3n) is 1.78. The summed E-state index contributed by atoms with van der Waals surface area (Å²) in [7, 11) is 0. The minimum absolute atomic E-state index is 0.250. The molecule has 0 radical (unpaired) electrons. The van der Waals surface area contributed by atoms with Gasteiger partial charge in [0.25, 0.3) is 6.47 Å². The van der Waals surface area contributed by atoms with E-state index in [0.29, 0.717) is 12.2 Å². The van der Waals surface area contributed by atoms with Crippen molar-refractivity contribution in [2.75, 3.05) is 18.8 Å². The number of carbonyl (C=O) groups excluding carboxylic acids is 1. The van der Waals surface area contributed by atoms with Crippen molar-refractivity contribution in [1.29, 1.82) is 0 Å². The van der Waals surface area contributed by atoms with Crippen molar-refractivity contribution < 1.29 is 14.7 Å². The normalized spacial score (nSPS) is 14.7. The van der Waals surface area contributed by atoms with E-state index in [9.17, 15) is 4.79 Å². The van der Waals surface area contributed by atoms with Gasteiger partial charge >= 0.3 is 0 Å². The summed E-state index contributed by atoms with van der Waals surface area (Å²) in [5.74, 6) is 0.947. The summed E-state index contributed by atoms with van der Waals surface area (Å²) in [5.41, 5.74) is 0. The zero-order valence-corrected chi connectivity index (χ0v) is 8.37. The monoisotopic (exact) mass is 205 g/mol. The van der Waals surface area contributed by atoms with E-state index in [1.807, 2.05) is 4.90 Å². The van der Waals surface area contributed by atoms with Gasteiger partial charge in [-0.3, -0.25) is 9.59 Å². The SMILES string of the molecule is O=C(CCS)N1CCCC1.O=CO. The first-order valence-corrected chi connectivity index (χ1v) is 4.86. The molecule has 13 heavy (non-hydrogen) atoms. The van der Waals surface area contributed by atoms with Gasteiger partial charge < -0.3 is 10.0 Å². The van der Waals surface area contributed by atoms with Crippen molar-refractivity contribution in [2.45, 2.75) is 19.3 Å². The summed E-state index contributed by atoms with van der Waals surface area (Å²) in [6, 6.07) is 0. The molecule has 1 amide bonds. The second kappa shape index (κ2) is 7.91. The second-order valence-electron chi connectivity index (χ2n) is 2.67. The first kappa shape index (κ1) is 12.3. The molecule has 0 aromatic heterocycles. The Hall–Kier alpha value is -0.710. The highest BCUT2D eigenvalue weighted by Crippen LogP contribution is 2.08. The Labute approximate surface area is 83.3 Å². The predicted molar refractivity (Wildman–Crippen MR) is 53.0 cm³/mol. The molecule has 0 spiro atoms. The van der Waals surface area contributed by atoms with Crippen molar-refractivity contribution in [3.63, 3.8) is 0 Å². The first-order valence-electron chi connectivity index (χ1n) is 4.22. The minimum Gasteiger partial charge on any atom is -0.483 e. The highest BCUT2D eigenvalue weighted by molar-refractivity contribution is 7.80. The van der Waals surface area contributed by atoms with Crippen LogP contribution >= 0.6 is 12.6 Å². The van der Waals surface area contributed by atoms with E-state index in [1.165, 1.54) is 12.8 Å². The molecule has 0 saturated carbocycles. The molecule has 0 aromatic carbocycles. The van der Waals surface area contributed by atoms with Crippen LogP contribution in [0.25, 0.3) is 0 Å². The number of thiol groups is 1. The standard InChI is InChI=1S/C7H13NOS.CH2O2/c9-7(3-6-10)8-4-1-2-5-8;2-1-3/h10H,1-6H2;1H,(H,2,3). The highest BCUT2D eigenvalue weighted by atomic mass is 32.1. The summed E-state index contributed by atoms with van der Waals surface area (Å²) in [6.45, 7) is 1.68. The fraction of sp³-hybridized carbons (Fsp3) is 0.750. The maximum atomic E-state index is 11.1. The summed E-state index contributed by atoms with van der Waals surface area (Å²) in [4.78, 5) is 21.4. The molecule has 0 bridgehead atoms. The summed E-state index contributed by atoms with van der Waals surface area (Å²) in [6.07, 6.45) is 2.96. The van der Waals surface area contributed by atoms with Crippen LogP contribution in [-0.4, -0.2) is 41.2 Å². The Morgan fingerprint density at radius 3 is 2.31 bits per heavy atom. The first-order chi connectivity index (χ1) is 6.26. The van der Waals surface area contributed by atoms with Gasteiger partial charge in [0.05, 0.1) is 0 Å². The molecule has 0 aliphatic carbocycles. The molecular formula is C8H15NO3S. The van der Waals surface area contributed by atoms with Crippen LogP contribution in [-0.2, 0) is 9.59 Å². The number of nitrogens with zero attached hydrogens (tertiary/aromatic N) is 1. The van der Waals surface area contributed by atoms with Gasteiger partial charge in [0.1, 0.15) is 0 Å². The number of hydrogen-bond acceptors (Lipinski definition) is 3. The van der Waals surface area contributed by atoms with Crippen LogP contribution in [0.2, 0.25) is 0 Å². The molecule has 1 N–H and O–H groups in total. The fourth-order valence-corrected chi connectivity index (χ4v) is 1.41. The lowest BCUT2D eigenvalue weighted by Gasteiger charge is -2.13. The number of likely N-dealkylation sites (tertiary alicyclic amines) is 1. The molecule has 4 nitrogen and oxygen atoms in total. The molecule has 0 atom stereocenters. The van der Waals surface area contributed by atoms with Gasteiger partial charge in [-0.1, -0.05) is 0 Å². The zero-order chi connectivity index (χ0) is 10.1. The van der Waals surface area contributed by atoms with Crippen LogP contribution in [0.3, 0.4) is 0 Å². The van der Waals surface area contributed by atoms with Gasteiger partial charge in [-0.2, -0.15) is 12.6 Å². The fourth-order valence-electron chi connectivity index (χ4n) is 1.22. The average molecular weight is 205 g/mol. The van der Waals surface area contributed by atoms with Crippen molar-refractivity contribution in [3.05, 3.63) is 0 Å². The van der Waals surface area contributed by atoms with Crippen LogP contribution in [0.15, 0.2) is 0 Å². The third-order valence-corrected chi connectivity index (χ3v) is 2.01. The average Bonchev–Trinajstić information content (AvgIpc) is 2.58.